The van der Waals surface area contributed by atoms with Gasteiger partial charge in [-0.05, 0) is 39.8 Å². The van der Waals surface area contributed by atoms with Crippen LogP contribution >= 0.6 is 0 Å². The first-order chi connectivity index (χ1) is 8.51. The molecule has 2 N–H and O–H groups in total. The molecule has 5 nitrogen and oxygen atoms in total. The van der Waals surface area contributed by atoms with Gasteiger partial charge in [0, 0.05) is 32.2 Å². The Balaban J connectivity index is 1.81. The summed E-state index contributed by atoms with van der Waals surface area (Å²) in [5, 5.41) is 13.1. The maximum Gasteiger partial charge on any atom is 0.252 e. The molecule has 2 aliphatic rings. The van der Waals surface area contributed by atoms with Crippen molar-refractivity contribution in [3.05, 3.63) is 0 Å². The van der Waals surface area contributed by atoms with Gasteiger partial charge in [0.05, 0.1) is 0 Å². The average Bonchev–Trinajstić information content (AvgIpc) is 2.78. The number of carbonyl (C=O) groups excluding carboxylic acids is 1. The zero-order chi connectivity index (χ0) is 13.2. The molecule has 18 heavy (non-hydrogen) atoms. The normalized spacial score (nSPS) is 29.4. The molecule has 0 bridgehead atoms. The number of carbonyl (C=O) groups is 1. The maximum absolute atomic E-state index is 12.0. The summed E-state index contributed by atoms with van der Waals surface area (Å²) in [6.07, 6.45) is 3.13. The topological polar surface area (TPSA) is 55.8 Å². The van der Waals surface area contributed by atoms with E-state index in [9.17, 15) is 9.90 Å². The second-order valence-electron chi connectivity index (χ2n) is 5.85. The number of piperazine rings is 1. The van der Waals surface area contributed by atoms with Crippen LogP contribution in [0.2, 0.25) is 0 Å². The first kappa shape index (κ1) is 13.8. The van der Waals surface area contributed by atoms with Gasteiger partial charge in [-0.25, -0.2) is 0 Å². The summed E-state index contributed by atoms with van der Waals surface area (Å²) >= 11 is 0. The molecule has 1 aliphatic carbocycles. The van der Waals surface area contributed by atoms with E-state index in [4.69, 9.17) is 0 Å². The van der Waals surface area contributed by atoms with Gasteiger partial charge in [-0.15, -0.1) is 0 Å². The number of likely N-dealkylation sites (N-methyl/N-ethyl adjacent to an activating group) is 2. The van der Waals surface area contributed by atoms with Crippen molar-refractivity contribution in [3.63, 3.8) is 0 Å². The third-order valence-electron chi connectivity index (χ3n) is 4.33. The Morgan fingerprint density at radius 2 is 2.00 bits per heavy atom. The fourth-order valence-electron chi connectivity index (χ4n) is 2.88. The molecule has 0 spiro atoms. The van der Waals surface area contributed by atoms with Crippen LogP contribution in [0.15, 0.2) is 0 Å². The Kier molecular flexibility index (Phi) is 4.25. The molecule has 0 aromatic carbocycles. The molecule has 104 valence electrons. The minimum atomic E-state index is -1.10. The van der Waals surface area contributed by atoms with Crippen LogP contribution in [0.3, 0.4) is 0 Å². The Hall–Kier alpha value is -0.650. The third kappa shape index (κ3) is 3.02. The second-order valence-corrected chi connectivity index (χ2v) is 5.85. The number of amides is 1. The van der Waals surface area contributed by atoms with Crippen LogP contribution in [0.4, 0.5) is 0 Å². The predicted molar refractivity (Wildman–Crippen MR) is 70.3 cm³/mol. The van der Waals surface area contributed by atoms with Gasteiger partial charge in [-0.3, -0.25) is 9.69 Å². The summed E-state index contributed by atoms with van der Waals surface area (Å²) in [7, 11) is 4.19. The SMILES string of the molecule is CN1CCN(C)[C@@H](CNC(=O)C2(O)CCCC2)C1. The minimum Gasteiger partial charge on any atom is -0.380 e. The smallest absolute Gasteiger partial charge is 0.252 e. The van der Waals surface area contributed by atoms with Crippen molar-refractivity contribution in [3.8, 4) is 0 Å². The average molecular weight is 255 g/mol. The summed E-state index contributed by atoms with van der Waals surface area (Å²) in [5.74, 6) is -0.179. The molecule has 1 atom stereocenters. The van der Waals surface area contributed by atoms with E-state index in [0.29, 0.717) is 25.4 Å². The first-order valence-corrected chi connectivity index (χ1v) is 6.91. The van der Waals surface area contributed by atoms with Crippen molar-refractivity contribution < 1.29 is 9.90 Å². The van der Waals surface area contributed by atoms with Gasteiger partial charge in [-0.2, -0.15) is 0 Å². The summed E-state index contributed by atoms with van der Waals surface area (Å²) in [6.45, 7) is 3.70. The summed E-state index contributed by atoms with van der Waals surface area (Å²) in [6, 6.07) is 0.345. The largest absolute Gasteiger partial charge is 0.380 e. The van der Waals surface area contributed by atoms with E-state index in [1.165, 1.54) is 0 Å². The minimum absolute atomic E-state index is 0.179. The van der Waals surface area contributed by atoms with Crippen LogP contribution in [0.5, 0.6) is 0 Å². The van der Waals surface area contributed by atoms with E-state index in [2.05, 4.69) is 29.2 Å². The van der Waals surface area contributed by atoms with E-state index in [-0.39, 0.29) is 5.91 Å². The lowest BCUT2D eigenvalue weighted by Gasteiger charge is -2.38. The van der Waals surface area contributed by atoms with Crippen molar-refractivity contribution in [2.45, 2.75) is 37.3 Å². The third-order valence-corrected chi connectivity index (χ3v) is 4.33. The molecule has 1 heterocycles. The van der Waals surface area contributed by atoms with Crippen LogP contribution in [0.25, 0.3) is 0 Å². The molecule has 2 fully saturated rings. The van der Waals surface area contributed by atoms with E-state index in [1.54, 1.807) is 0 Å². The highest BCUT2D eigenvalue weighted by Crippen LogP contribution is 2.29. The molecule has 2 rings (SSSR count). The number of hydrogen-bond donors (Lipinski definition) is 2. The van der Waals surface area contributed by atoms with Crippen LogP contribution in [0.1, 0.15) is 25.7 Å². The Labute approximate surface area is 109 Å². The zero-order valence-electron chi connectivity index (χ0n) is 11.5. The highest BCUT2D eigenvalue weighted by Gasteiger charge is 2.39. The zero-order valence-corrected chi connectivity index (χ0v) is 11.5. The second kappa shape index (κ2) is 5.55. The highest BCUT2D eigenvalue weighted by atomic mass is 16.3. The first-order valence-electron chi connectivity index (χ1n) is 6.91. The number of rotatable bonds is 3. The van der Waals surface area contributed by atoms with E-state index < -0.39 is 5.60 Å². The monoisotopic (exact) mass is 255 g/mol. The van der Waals surface area contributed by atoms with E-state index >= 15 is 0 Å². The van der Waals surface area contributed by atoms with Gasteiger partial charge in [0.15, 0.2) is 0 Å². The van der Waals surface area contributed by atoms with E-state index in [0.717, 1.165) is 32.5 Å². The predicted octanol–water partition coefficient (Wildman–Crippen LogP) is -0.346. The number of nitrogens with zero attached hydrogens (tertiary/aromatic N) is 2. The molecular weight excluding hydrogens is 230 g/mol. The summed E-state index contributed by atoms with van der Waals surface area (Å²) in [4.78, 5) is 16.6. The van der Waals surface area contributed by atoms with Gasteiger partial charge in [-0.1, -0.05) is 0 Å². The number of hydrogen-bond acceptors (Lipinski definition) is 4. The molecular formula is C13H25N3O2. The van der Waals surface area contributed by atoms with Gasteiger partial charge in [0.25, 0.3) is 5.91 Å². The van der Waals surface area contributed by atoms with Crippen molar-refractivity contribution in [2.75, 3.05) is 40.3 Å². The van der Waals surface area contributed by atoms with Gasteiger partial charge in [0.1, 0.15) is 5.60 Å². The molecule has 0 unspecified atom stereocenters. The molecule has 0 aromatic rings. The lowest BCUT2D eigenvalue weighted by Crippen LogP contribution is -2.56. The Morgan fingerprint density at radius 1 is 1.33 bits per heavy atom. The van der Waals surface area contributed by atoms with Crippen molar-refractivity contribution >= 4 is 5.91 Å². The van der Waals surface area contributed by atoms with Crippen LogP contribution in [-0.2, 0) is 4.79 Å². The molecule has 0 radical (unpaired) electrons. The van der Waals surface area contributed by atoms with Gasteiger partial charge >= 0.3 is 0 Å². The van der Waals surface area contributed by atoms with Crippen molar-refractivity contribution in [1.82, 2.24) is 15.1 Å². The highest BCUT2D eigenvalue weighted by molar-refractivity contribution is 5.85. The van der Waals surface area contributed by atoms with Gasteiger partial charge in [0.2, 0.25) is 0 Å². The summed E-state index contributed by atoms with van der Waals surface area (Å²) in [5.41, 5.74) is -1.10. The van der Waals surface area contributed by atoms with Crippen LogP contribution in [0, 0.1) is 0 Å². The standard InChI is InChI=1S/C13H25N3O2/c1-15-7-8-16(2)11(10-15)9-14-12(17)13(18)5-3-4-6-13/h11,18H,3-10H2,1-2H3,(H,14,17)/t11-/m0/s1. The van der Waals surface area contributed by atoms with Crippen molar-refractivity contribution in [1.29, 1.82) is 0 Å². The van der Waals surface area contributed by atoms with Crippen molar-refractivity contribution in [2.24, 2.45) is 0 Å². The van der Waals surface area contributed by atoms with Crippen LogP contribution in [-0.4, -0.2) is 72.7 Å². The fraction of sp³-hybridized carbons (Fsp3) is 0.923. The molecule has 1 saturated heterocycles. The molecule has 0 aromatic heterocycles. The van der Waals surface area contributed by atoms with E-state index in [1.807, 2.05) is 0 Å². The molecule has 5 heteroatoms. The number of aliphatic hydroxyl groups is 1. The molecule has 1 saturated carbocycles. The number of nitrogens with one attached hydrogen (secondary N) is 1. The molecule has 1 aliphatic heterocycles. The Morgan fingerprint density at radius 3 is 2.67 bits per heavy atom. The maximum atomic E-state index is 12.0. The fourth-order valence-corrected chi connectivity index (χ4v) is 2.88. The quantitative estimate of drug-likeness (QED) is 0.724. The lowest BCUT2D eigenvalue weighted by atomic mass is 10.0. The lowest BCUT2D eigenvalue weighted by molar-refractivity contribution is -0.139. The van der Waals surface area contributed by atoms with Gasteiger partial charge < -0.3 is 15.3 Å². The summed E-state index contributed by atoms with van der Waals surface area (Å²) < 4.78 is 0. The Bertz CT molecular complexity index is 303. The van der Waals surface area contributed by atoms with Crippen LogP contribution < -0.4 is 5.32 Å². The molecule has 1 amide bonds.